The maximum absolute atomic E-state index is 13.6. The second kappa shape index (κ2) is 9.38. The van der Waals surface area contributed by atoms with Crippen molar-refractivity contribution >= 4 is 17.6 Å². The van der Waals surface area contributed by atoms with Crippen molar-refractivity contribution in [2.75, 3.05) is 13.2 Å². The predicted molar refractivity (Wildman–Crippen MR) is 117 cm³/mol. The molecular weight excluding hydrogens is 463 g/mol. The van der Waals surface area contributed by atoms with Gasteiger partial charge in [-0.25, -0.2) is 4.79 Å². The number of alkyl halides is 3. The van der Waals surface area contributed by atoms with Gasteiger partial charge < -0.3 is 14.6 Å². The molecule has 33 heavy (non-hydrogen) atoms. The van der Waals surface area contributed by atoms with Crippen LogP contribution in [0.5, 0.6) is 5.75 Å². The number of rotatable bonds is 5. The second-order valence-corrected chi connectivity index (χ2v) is 9.39. The van der Waals surface area contributed by atoms with Crippen LogP contribution in [0.4, 0.5) is 13.2 Å². The zero-order chi connectivity index (χ0) is 24.6. The molecule has 3 rings (SSSR count). The number of hydrogen-bond acceptors (Lipinski definition) is 4. The van der Waals surface area contributed by atoms with Gasteiger partial charge in [-0.15, -0.1) is 0 Å². The molecule has 1 unspecified atom stereocenters. The molecule has 0 aliphatic carbocycles. The van der Waals surface area contributed by atoms with Crippen LogP contribution in [0.25, 0.3) is 11.1 Å². The number of benzene rings is 1. The number of carboxylic acid groups (broad SMARTS) is 1. The monoisotopic (exact) mass is 487 g/mol. The van der Waals surface area contributed by atoms with Gasteiger partial charge in [0.15, 0.2) is 0 Å². The number of carboxylic acids is 1. The van der Waals surface area contributed by atoms with Crippen molar-refractivity contribution in [1.29, 1.82) is 0 Å². The third-order valence-electron chi connectivity index (χ3n) is 5.32. The van der Waals surface area contributed by atoms with Crippen molar-refractivity contribution in [3.05, 3.63) is 51.4 Å². The lowest BCUT2D eigenvalue weighted by Crippen LogP contribution is -2.34. The molecule has 0 saturated heterocycles. The topological polar surface area (TPSA) is 77.8 Å². The van der Waals surface area contributed by atoms with Gasteiger partial charge in [0.25, 0.3) is 5.56 Å². The van der Waals surface area contributed by atoms with Crippen LogP contribution < -0.4 is 10.3 Å². The van der Waals surface area contributed by atoms with Gasteiger partial charge in [-0.05, 0) is 50.5 Å². The largest absolute Gasteiger partial charge is 0.491 e. The normalized spacial score (nSPS) is 17.2. The summed E-state index contributed by atoms with van der Waals surface area (Å²) in [5.74, 6) is -3.06. The van der Waals surface area contributed by atoms with Crippen LogP contribution in [0.3, 0.4) is 0 Å². The summed E-state index contributed by atoms with van der Waals surface area (Å²) in [6.07, 6.45) is -3.69. The summed E-state index contributed by atoms with van der Waals surface area (Å²) < 4.78 is 52.7. The SMILES string of the molecule is CC(C)(C)OCCC(C(=O)O)n1cc2c(cc1=O)-c1cc(Cl)ccc1C[C@@H](C(F)(F)F)CO2. The highest BCUT2D eigenvalue weighted by atomic mass is 35.5. The van der Waals surface area contributed by atoms with Gasteiger partial charge >= 0.3 is 12.1 Å². The van der Waals surface area contributed by atoms with Crippen LogP contribution in [-0.4, -0.2) is 40.6 Å². The van der Waals surface area contributed by atoms with E-state index in [0.717, 1.165) is 10.8 Å². The van der Waals surface area contributed by atoms with E-state index in [-0.39, 0.29) is 35.8 Å². The molecule has 1 N–H and O–H groups in total. The lowest BCUT2D eigenvalue weighted by atomic mass is 9.91. The summed E-state index contributed by atoms with van der Waals surface area (Å²) >= 11 is 6.08. The molecule has 1 aliphatic heterocycles. The van der Waals surface area contributed by atoms with Crippen molar-refractivity contribution in [3.63, 3.8) is 0 Å². The Morgan fingerprint density at radius 1 is 1.27 bits per heavy atom. The van der Waals surface area contributed by atoms with Crippen molar-refractivity contribution in [2.45, 2.75) is 51.4 Å². The molecule has 0 spiro atoms. The van der Waals surface area contributed by atoms with Gasteiger partial charge in [-0.2, -0.15) is 13.2 Å². The van der Waals surface area contributed by atoms with E-state index in [9.17, 15) is 27.9 Å². The van der Waals surface area contributed by atoms with Crippen molar-refractivity contribution in [2.24, 2.45) is 5.92 Å². The number of fused-ring (bicyclic) bond motifs is 3. The summed E-state index contributed by atoms with van der Waals surface area (Å²) in [4.78, 5) is 24.8. The molecule has 1 aromatic heterocycles. The molecule has 0 amide bonds. The van der Waals surface area contributed by atoms with Crippen LogP contribution in [0.2, 0.25) is 5.02 Å². The molecule has 2 atom stereocenters. The molecule has 1 aliphatic rings. The fourth-order valence-electron chi connectivity index (χ4n) is 3.66. The molecule has 0 radical (unpaired) electrons. The van der Waals surface area contributed by atoms with E-state index in [1.165, 1.54) is 24.3 Å². The minimum absolute atomic E-state index is 0.0150. The third-order valence-corrected chi connectivity index (χ3v) is 5.56. The van der Waals surface area contributed by atoms with Crippen LogP contribution >= 0.6 is 11.6 Å². The summed E-state index contributed by atoms with van der Waals surface area (Å²) in [6.45, 7) is 4.84. The van der Waals surface area contributed by atoms with Gasteiger partial charge in [0.1, 0.15) is 18.4 Å². The van der Waals surface area contributed by atoms with Crippen LogP contribution in [0.1, 0.15) is 38.8 Å². The highest BCUT2D eigenvalue weighted by Gasteiger charge is 2.41. The number of nitrogens with zero attached hydrogens (tertiary/aromatic N) is 1. The Bertz CT molecular complexity index is 1090. The van der Waals surface area contributed by atoms with E-state index in [1.54, 1.807) is 0 Å². The molecule has 6 nitrogen and oxygen atoms in total. The zero-order valence-corrected chi connectivity index (χ0v) is 19.2. The van der Waals surface area contributed by atoms with Gasteiger partial charge in [0.05, 0.1) is 17.7 Å². The lowest BCUT2D eigenvalue weighted by Gasteiger charge is -2.27. The molecule has 2 aromatic rings. The Kier molecular flexibility index (Phi) is 7.14. The fraction of sp³-hybridized carbons (Fsp3) is 0.478. The molecular formula is C23H25ClF3NO5. The minimum Gasteiger partial charge on any atom is -0.491 e. The summed E-state index contributed by atoms with van der Waals surface area (Å²) in [7, 11) is 0. The Morgan fingerprint density at radius 3 is 2.58 bits per heavy atom. The highest BCUT2D eigenvalue weighted by Crippen LogP contribution is 2.40. The quantitative estimate of drug-likeness (QED) is 0.634. The number of pyridine rings is 1. The Hall–Kier alpha value is -2.52. The van der Waals surface area contributed by atoms with E-state index < -0.39 is 41.9 Å². The van der Waals surface area contributed by atoms with E-state index in [0.29, 0.717) is 11.1 Å². The van der Waals surface area contributed by atoms with Crippen molar-refractivity contribution in [1.82, 2.24) is 4.57 Å². The van der Waals surface area contributed by atoms with Crippen molar-refractivity contribution in [3.8, 4) is 16.9 Å². The first-order chi connectivity index (χ1) is 15.3. The first kappa shape index (κ1) is 25.1. The standard InChI is InChI=1S/C23H25ClF3NO5/c1-22(2,3)33-7-6-18(21(30)31)28-11-19-17(10-20(28)29)16-9-15(24)5-4-13(16)8-14(12-32-19)23(25,26)27/h4-5,9-11,14,18H,6-8,12H2,1-3H3,(H,30,31)/t14-,18?/m1/s1. The Balaban J connectivity index is 2.07. The number of aliphatic carboxylic acids is 1. The highest BCUT2D eigenvalue weighted by molar-refractivity contribution is 6.30. The maximum atomic E-state index is 13.6. The average molecular weight is 488 g/mol. The average Bonchev–Trinajstić information content (AvgIpc) is 2.67. The third kappa shape index (κ3) is 6.09. The summed E-state index contributed by atoms with van der Waals surface area (Å²) in [5.41, 5.74) is -0.141. The fourth-order valence-corrected chi connectivity index (χ4v) is 3.83. The Morgan fingerprint density at radius 2 is 1.97 bits per heavy atom. The first-order valence-electron chi connectivity index (χ1n) is 10.4. The smallest absolute Gasteiger partial charge is 0.395 e. The van der Waals surface area contributed by atoms with E-state index in [2.05, 4.69) is 0 Å². The molecule has 180 valence electrons. The van der Waals surface area contributed by atoms with Gasteiger partial charge in [0.2, 0.25) is 0 Å². The first-order valence-corrected chi connectivity index (χ1v) is 10.8. The molecule has 10 heteroatoms. The molecule has 2 heterocycles. The number of halogens is 4. The lowest BCUT2D eigenvalue weighted by molar-refractivity contribution is -0.181. The molecule has 0 saturated carbocycles. The zero-order valence-electron chi connectivity index (χ0n) is 18.4. The van der Waals surface area contributed by atoms with Gasteiger partial charge in [-0.1, -0.05) is 17.7 Å². The summed E-state index contributed by atoms with van der Waals surface area (Å²) in [5, 5.41) is 9.99. The van der Waals surface area contributed by atoms with Crippen LogP contribution in [0.15, 0.2) is 35.3 Å². The van der Waals surface area contributed by atoms with E-state index >= 15 is 0 Å². The molecule has 0 fully saturated rings. The number of carbonyl (C=O) groups is 1. The van der Waals surface area contributed by atoms with Gasteiger partial charge in [-0.3, -0.25) is 9.36 Å². The van der Waals surface area contributed by atoms with Gasteiger partial charge in [0, 0.05) is 29.7 Å². The van der Waals surface area contributed by atoms with Crippen LogP contribution in [0, 0.1) is 5.92 Å². The number of hydrogen-bond donors (Lipinski definition) is 1. The maximum Gasteiger partial charge on any atom is 0.395 e. The second-order valence-electron chi connectivity index (χ2n) is 8.96. The Labute approximate surface area is 193 Å². The van der Waals surface area contributed by atoms with Crippen LogP contribution in [-0.2, 0) is 16.0 Å². The predicted octanol–water partition coefficient (Wildman–Crippen LogP) is 5.11. The van der Waals surface area contributed by atoms with E-state index in [4.69, 9.17) is 21.1 Å². The number of aromatic nitrogens is 1. The number of ether oxygens (including phenoxy) is 2. The molecule has 0 bridgehead atoms. The molecule has 1 aromatic carbocycles. The van der Waals surface area contributed by atoms with E-state index in [1.807, 2.05) is 20.8 Å². The summed E-state index contributed by atoms with van der Waals surface area (Å²) in [6, 6.07) is 4.37. The minimum atomic E-state index is -4.50. The van der Waals surface area contributed by atoms with Crippen molar-refractivity contribution < 1.29 is 32.5 Å².